The zero-order valence-corrected chi connectivity index (χ0v) is 18.4. The average molecular weight is 429 g/mol. The van der Waals surface area contributed by atoms with Gasteiger partial charge in [-0.1, -0.05) is 36.4 Å². The minimum atomic E-state index is 0.0345. The third-order valence-electron chi connectivity index (χ3n) is 7.34. The van der Waals surface area contributed by atoms with Gasteiger partial charge in [-0.25, -0.2) is 9.78 Å². The summed E-state index contributed by atoms with van der Waals surface area (Å²) in [5, 5.41) is 2.80. The van der Waals surface area contributed by atoms with Crippen LogP contribution in [0.15, 0.2) is 59.5 Å². The summed E-state index contributed by atoms with van der Waals surface area (Å²) >= 11 is 0. The molecule has 0 amide bonds. The first kappa shape index (κ1) is 19.7. The molecular weight excluding hydrogens is 400 g/mol. The quantitative estimate of drug-likeness (QED) is 0.483. The van der Waals surface area contributed by atoms with Gasteiger partial charge in [-0.05, 0) is 53.3 Å². The van der Waals surface area contributed by atoms with Crippen LogP contribution in [0, 0.1) is 0 Å². The molecule has 0 saturated carbocycles. The Balaban J connectivity index is 1.27. The number of nitrogens with zero attached hydrogens (tertiary/aromatic N) is 4. The maximum absolute atomic E-state index is 13.3. The molecule has 6 rings (SSSR count). The van der Waals surface area contributed by atoms with E-state index < -0.39 is 0 Å². The molecule has 6 heteroatoms. The van der Waals surface area contributed by atoms with Gasteiger partial charge in [-0.3, -0.25) is 14.0 Å². The molecule has 0 spiro atoms. The maximum atomic E-state index is 13.3. The molecule has 0 unspecified atom stereocenters. The molecule has 1 aliphatic carbocycles. The summed E-state index contributed by atoms with van der Waals surface area (Å²) in [7, 11) is 1.66. The Morgan fingerprint density at radius 2 is 1.88 bits per heavy atom. The van der Waals surface area contributed by atoms with Crippen molar-refractivity contribution in [1.82, 2.24) is 19.0 Å². The zero-order chi connectivity index (χ0) is 21.7. The molecule has 164 valence electrons. The highest BCUT2D eigenvalue weighted by Crippen LogP contribution is 2.41. The fourth-order valence-electron chi connectivity index (χ4n) is 5.84. The van der Waals surface area contributed by atoms with E-state index >= 15 is 0 Å². The number of aromatic nitrogens is 3. The summed E-state index contributed by atoms with van der Waals surface area (Å²) in [4.78, 5) is 20.5. The number of ether oxygens (including phenoxy) is 1. The van der Waals surface area contributed by atoms with E-state index in [1.807, 2.05) is 16.7 Å². The number of benzene rings is 2. The van der Waals surface area contributed by atoms with Crippen LogP contribution in [0.25, 0.3) is 21.9 Å². The van der Waals surface area contributed by atoms with Gasteiger partial charge in [0.05, 0.1) is 18.7 Å². The van der Waals surface area contributed by atoms with Gasteiger partial charge in [0.2, 0.25) is 0 Å². The fraction of sp³-hybridized carbons (Fsp3) is 0.385. The molecule has 4 aromatic rings. The van der Waals surface area contributed by atoms with Gasteiger partial charge in [-0.2, -0.15) is 0 Å². The zero-order valence-electron chi connectivity index (χ0n) is 18.4. The van der Waals surface area contributed by atoms with Crippen molar-refractivity contribution in [2.75, 3.05) is 26.8 Å². The predicted molar refractivity (Wildman–Crippen MR) is 126 cm³/mol. The Morgan fingerprint density at radius 3 is 2.69 bits per heavy atom. The summed E-state index contributed by atoms with van der Waals surface area (Å²) < 4.78 is 8.97. The number of hydrogen-bond acceptors (Lipinski definition) is 4. The largest absolute Gasteiger partial charge is 0.383 e. The van der Waals surface area contributed by atoms with Crippen molar-refractivity contribution in [3.05, 3.63) is 76.3 Å². The molecule has 0 radical (unpaired) electrons. The fourth-order valence-corrected chi connectivity index (χ4v) is 5.84. The monoisotopic (exact) mass is 428 g/mol. The molecule has 3 heterocycles. The molecule has 0 bridgehead atoms. The molecule has 1 atom stereocenters. The molecule has 2 aliphatic rings. The minimum Gasteiger partial charge on any atom is -0.383 e. The summed E-state index contributed by atoms with van der Waals surface area (Å²) in [5.41, 5.74) is 4.66. The van der Waals surface area contributed by atoms with Gasteiger partial charge in [-0.15, -0.1) is 0 Å². The molecular formula is C26H28N4O2. The number of pyridine rings is 1. The van der Waals surface area contributed by atoms with E-state index in [1.165, 1.54) is 21.9 Å². The minimum absolute atomic E-state index is 0.0345. The number of imidazole rings is 1. The van der Waals surface area contributed by atoms with Crippen molar-refractivity contribution in [2.45, 2.75) is 37.9 Å². The Labute approximate surface area is 187 Å². The van der Waals surface area contributed by atoms with Crippen molar-refractivity contribution in [3.63, 3.8) is 0 Å². The molecule has 1 aliphatic heterocycles. The summed E-state index contributed by atoms with van der Waals surface area (Å²) in [6.45, 7) is 3.02. The maximum Gasteiger partial charge on any atom is 0.330 e. The van der Waals surface area contributed by atoms with Crippen LogP contribution in [-0.2, 0) is 17.7 Å². The molecule has 1 saturated heterocycles. The van der Waals surface area contributed by atoms with Gasteiger partial charge in [0.25, 0.3) is 0 Å². The number of rotatable bonds is 5. The van der Waals surface area contributed by atoms with Crippen LogP contribution in [0.2, 0.25) is 0 Å². The van der Waals surface area contributed by atoms with Gasteiger partial charge in [0, 0.05) is 38.5 Å². The van der Waals surface area contributed by atoms with Crippen molar-refractivity contribution in [3.8, 4) is 0 Å². The molecule has 32 heavy (non-hydrogen) atoms. The Morgan fingerprint density at radius 1 is 1.06 bits per heavy atom. The number of piperidine rings is 1. The van der Waals surface area contributed by atoms with Crippen LogP contribution in [0.3, 0.4) is 0 Å². The second kappa shape index (κ2) is 7.87. The van der Waals surface area contributed by atoms with Gasteiger partial charge in [0.15, 0.2) is 5.65 Å². The molecule has 2 aromatic carbocycles. The lowest BCUT2D eigenvalue weighted by atomic mass is 9.99. The summed E-state index contributed by atoms with van der Waals surface area (Å²) in [6, 6.07) is 18.0. The third-order valence-corrected chi connectivity index (χ3v) is 7.34. The second-order valence-electron chi connectivity index (χ2n) is 8.99. The van der Waals surface area contributed by atoms with Crippen molar-refractivity contribution >= 4 is 21.9 Å². The molecule has 0 N–H and O–H groups in total. The highest BCUT2D eigenvalue weighted by Gasteiger charge is 2.33. The Bertz CT molecular complexity index is 1340. The first-order valence-corrected chi connectivity index (χ1v) is 11.6. The van der Waals surface area contributed by atoms with Gasteiger partial charge in [0.1, 0.15) is 0 Å². The Hall–Kier alpha value is -2.96. The van der Waals surface area contributed by atoms with Crippen LogP contribution in [0.4, 0.5) is 0 Å². The highest BCUT2D eigenvalue weighted by atomic mass is 16.5. The van der Waals surface area contributed by atoms with E-state index in [-0.39, 0.29) is 11.7 Å². The Kier molecular flexibility index (Phi) is 4.85. The highest BCUT2D eigenvalue weighted by molar-refractivity contribution is 5.91. The topological polar surface area (TPSA) is 52.3 Å². The number of likely N-dealkylation sites (tertiary alicyclic amines) is 1. The van der Waals surface area contributed by atoms with E-state index in [1.54, 1.807) is 17.9 Å². The van der Waals surface area contributed by atoms with E-state index in [4.69, 9.17) is 4.74 Å². The van der Waals surface area contributed by atoms with Gasteiger partial charge >= 0.3 is 5.69 Å². The van der Waals surface area contributed by atoms with E-state index in [0.29, 0.717) is 19.2 Å². The first-order chi connectivity index (χ1) is 15.8. The standard InChI is InChI=1S/C26H28N4O2/c1-32-16-15-29-25-22(9-4-12-27-25)30(26(29)31)20-10-13-28(14-11-20)23-17-19-7-2-5-18-6-3-8-21(23)24(18)19/h2-9,12,20,23H,10-11,13-17H2,1H3/t23-/m1/s1. The average Bonchev–Trinajstić information content (AvgIpc) is 3.34. The van der Waals surface area contributed by atoms with E-state index in [2.05, 4.69) is 46.3 Å². The van der Waals surface area contributed by atoms with Gasteiger partial charge < -0.3 is 4.74 Å². The summed E-state index contributed by atoms with van der Waals surface area (Å²) in [6.07, 6.45) is 4.79. The van der Waals surface area contributed by atoms with Crippen molar-refractivity contribution in [1.29, 1.82) is 0 Å². The van der Waals surface area contributed by atoms with E-state index in [9.17, 15) is 4.79 Å². The van der Waals surface area contributed by atoms with Crippen LogP contribution in [-0.4, -0.2) is 45.8 Å². The lowest BCUT2D eigenvalue weighted by Gasteiger charge is -2.36. The SMILES string of the molecule is COCCn1c(=O)n(C2CCN([C@@H]3Cc4cccc5cccc3c45)CC2)c2cccnc21. The van der Waals surface area contributed by atoms with Crippen LogP contribution >= 0.6 is 0 Å². The molecule has 1 fully saturated rings. The smallest absolute Gasteiger partial charge is 0.330 e. The number of hydrogen-bond donors (Lipinski definition) is 0. The first-order valence-electron chi connectivity index (χ1n) is 11.6. The second-order valence-corrected chi connectivity index (χ2v) is 8.99. The number of fused-ring (bicyclic) bond motifs is 1. The molecule has 2 aromatic heterocycles. The lowest BCUT2D eigenvalue weighted by molar-refractivity contribution is 0.136. The van der Waals surface area contributed by atoms with Crippen LogP contribution in [0.5, 0.6) is 0 Å². The third kappa shape index (κ3) is 3.01. The normalized spacial score (nSPS) is 19.3. The predicted octanol–water partition coefficient (Wildman–Crippen LogP) is 3.93. The van der Waals surface area contributed by atoms with Crippen LogP contribution in [0.1, 0.15) is 36.1 Å². The molecule has 6 nitrogen and oxygen atoms in total. The lowest BCUT2D eigenvalue weighted by Crippen LogP contribution is -2.39. The summed E-state index contributed by atoms with van der Waals surface area (Å²) in [5.74, 6) is 0. The van der Waals surface area contributed by atoms with Crippen molar-refractivity contribution in [2.24, 2.45) is 0 Å². The van der Waals surface area contributed by atoms with Crippen LogP contribution < -0.4 is 5.69 Å². The van der Waals surface area contributed by atoms with E-state index in [0.717, 1.165) is 43.5 Å². The van der Waals surface area contributed by atoms with Crippen molar-refractivity contribution < 1.29 is 4.74 Å². The number of methoxy groups -OCH3 is 1.